The summed E-state index contributed by atoms with van der Waals surface area (Å²) in [5.74, 6) is -0.199. The van der Waals surface area contributed by atoms with Crippen LogP contribution in [0, 0.1) is 0 Å². The van der Waals surface area contributed by atoms with Crippen LogP contribution in [-0.2, 0) is 9.53 Å². The largest absolute Gasteiger partial charge is 0.370 e. The van der Waals surface area contributed by atoms with E-state index in [-0.39, 0.29) is 24.0 Å². The molecule has 6 nitrogen and oxygen atoms in total. The van der Waals surface area contributed by atoms with Crippen LogP contribution >= 0.6 is 0 Å². The van der Waals surface area contributed by atoms with Crippen molar-refractivity contribution < 1.29 is 19.2 Å². The smallest absolute Gasteiger partial charge is 0.321 e. The Bertz CT molecular complexity index is 337. The molecule has 1 saturated heterocycles. The van der Waals surface area contributed by atoms with Crippen molar-refractivity contribution in [2.75, 3.05) is 26.3 Å². The number of carbonyl (C=O) groups is 2. The molecule has 3 N–H and O–H groups in total. The molecule has 0 aromatic rings. The van der Waals surface area contributed by atoms with Gasteiger partial charge >= 0.3 is 6.03 Å². The standard InChI is InChI=1S/C14H25N3O3/c1-11(17-7-9-20-10-8-17)13(18)16-14(19)15-12-5-3-2-4-6-12/h11-12H,2-10H2,1H3,(H2,15,16,18,19)/p+1/t11-/m0/s1. The van der Waals surface area contributed by atoms with Crippen LogP contribution in [-0.4, -0.2) is 50.3 Å². The number of rotatable bonds is 3. The predicted molar refractivity (Wildman–Crippen MR) is 74.5 cm³/mol. The van der Waals surface area contributed by atoms with E-state index in [0.717, 1.165) is 38.8 Å². The normalized spacial score (nSPS) is 23.1. The topological polar surface area (TPSA) is 71.9 Å². The number of morpholine rings is 1. The molecular formula is C14H26N3O3+. The van der Waals surface area contributed by atoms with Crippen molar-refractivity contribution in [1.29, 1.82) is 0 Å². The van der Waals surface area contributed by atoms with E-state index < -0.39 is 0 Å². The monoisotopic (exact) mass is 284 g/mol. The minimum Gasteiger partial charge on any atom is -0.370 e. The van der Waals surface area contributed by atoms with E-state index in [1.165, 1.54) is 11.3 Å². The van der Waals surface area contributed by atoms with Crippen LogP contribution in [0.5, 0.6) is 0 Å². The van der Waals surface area contributed by atoms with Gasteiger partial charge in [-0.05, 0) is 19.8 Å². The fourth-order valence-electron chi connectivity index (χ4n) is 2.94. The summed E-state index contributed by atoms with van der Waals surface area (Å²) in [6.45, 7) is 4.87. The maximum atomic E-state index is 12.1. The van der Waals surface area contributed by atoms with Gasteiger partial charge in [-0.3, -0.25) is 10.1 Å². The highest BCUT2D eigenvalue weighted by atomic mass is 16.5. The quantitative estimate of drug-likeness (QED) is 0.651. The SMILES string of the molecule is C[C@@H](C(=O)NC(=O)NC1CCCCC1)[NH+]1CCOCC1. The molecule has 0 unspecified atom stereocenters. The lowest BCUT2D eigenvalue weighted by Gasteiger charge is -2.28. The number of quaternary nitrogens is 1. The van der Waals surface area contributed by atoms with E-state index in [9.17, 15) is 9.59 Å². The number of urea groups is 1. The third-order valence-corrected chi connectivity index (χ3v) is 4.32. The number of ether oxygens (including phenoxy) is 1. The summed E-state index contributed by atoms with van der Waals surface area (Å²) in [5, 5.41) is 5.38. The molecule has 3 amide bonds. The molecule has 114 valence electrons. The van der Waals surface area contributed by atoms with Gasteiger partial charge in [0.05, 0.1) is 13.2 Å². The van der Waals surface area contributed by atoms with Crippen LogP contribution in [0.2, 0.25) is 0 Å². The zero-order chi connectivity index (χ0) is 14.4. The predicted octanol–water partition coefficient (Wildman–Crippen LogP) is -0.551. The summed E-state index contributed by atoms with van der Waals surface area (Å²) >= 11 is 0. The highest BCUT2D eigenvalue weighted by molar-refractivity contribution is 5.96. The summed E-state index contributed by atoms with van der Waals surface area (Å²) in [6.07, 6.45) is 5.61. The first-order valence-corrected chi connectivity index (χ1v) is 7.70. The van der Waals surface area contributed by atoms with Gasteiger partial charge in [0.25, 0.3) is 5.91 Å². The Labute approximate surface area is 120 Å². The van der Waals surface area contributed by atoms with Gasteiger partial charge in [0.2, 0.25) is 0 Å². The minimum absolute atomic E-state index is 0.199. The Morgan fingerprint density at radius 3 is 2.45 bits per heavy atom. The first-order valence-electron chi connectivity index (χ1n) is 7.70. The second-order valence-electron chi connectivity index (χ2n) is 5.79. The van der Waals surface area contributed by atoms with Gasteiger partial charge < -0.3 is 15.0 Å². The van der Waals surface area contributed by atoms with E-state index in [2.05, 4.69) is 10.6 Å². The Kier molecular flexibility index (Phi) is 5.79. The van der Waals surface area contributed by atoms with E-state index >= 15 is 0 Å². The van der Waals surface area contributed by atoms with Gasteiger partial charge in [-0.15, -0.1) is 0 Å². The van der Waals surface area contributed by atoms with Gasteiger partial charge in [-0.25, -0.2) is 4.79 Å². The lowest BCUT2D eigenvalue weighted by atomic mass is 9.96. The molecule has 1 aliphatic heterocycles. The van der Waals surface area contributed by atoms with Crippen molar-refractivity contribution in [3.8, 4) is 0 Å². The molecule has 0 aromatic carbocycles. The zero-order valence-corrected chi connectivity index (χ0v) is 12.2. The summed E-state index contributed by atoms with van der Waals surface area (Å²) in [7, 11) is 0. The number of carbonyl (C=O) groups excluding carboxylic acids is 2. The second-order valence-corrected chi connectivity index (χ2v) is 5.79. The van der Waals surface area contributed by atoms with E-state index in [1.807, 2.05) is 6.92 Å². The number of nitrogens with one attached hydrogen (secondary N) is 3. The number of amides is 3. The van der Waals surface area contributed by atoms with Gasteiger partial charge in [0.15, 0.2) is 6.04 Å². The lowest BCUT2D eigenvalue weighted by molar-refractivity contribution is -0.921. The van der Waals surface area contributed by atoms with Gasteiger partial charge in [0, 0.05) is 6.04 Å². The fraction of sp³-hybridized carbons (Fsp3) is 0.857. The van der Waals surface area contributed by atoms with Crippen LogP contribution in [0.3, 0.4) is 0 Å². The number of hydrogen-bond donors (Lipinski definition) is 3. The summed E-state index contributed by atoms with van der Waals surface area (Å²) in [6, 6.07) is -0.333. The number of imide groups is 1. The third-order valence-electron chi connectivity index (χ3n) is 4.32. The summed E-state index contributed by atoms with van der Waals surface area (Å²) in [5.41, 5.74) is 0. The fourth-order valence-corrected chi connectivity index (χ4v) is 2.94. The molecule has 0 spiro atoms. The van der Waals surface area contributed by atoms with Crippen LogP contribution < -0.4 is 15.5 Å². The maximum Gasteiger partial charge on any atom is 0.321 e. The molecule has 20 heavy (non-hydrogen) atoms. The first kappa shape index (κ1) is 15.3. The average Bonchev–Trinajstić information content (AvgIpc) is 2.48. The number of hydrogen-bond acceptors (Lipinski definition) is 3. The minimum atomic E-state index is -0.346. The molecule has 1 saturated carbocycles. The summed E-state index contributed by atoms with van der Waals surface area (Å²) < 4.78 is 5.28. The van der Waals surface area contributed by atoms with Crippen molar-refractivity contribution in [2.24, 2.45) is 0 Å². The Hall–Kier alpha value is -1.14. The Balaban J connectivity index is 1.73. The molecule has 0 radical (unpaired) electrons. The molecule has 1 aliphatic carbocycles. The Morgan fingerprint density at radius 1 is 1.15 bits per heavy atom. The molecular weight excluding hydrogens is 258 g/mol. The molecule has 6 heteroatoms. The van der Waals surface area contributed by atoms with E-state index in [4.69, 9.17) is 4.74 Å². The highest BCUT2D eigenvalue weighted by Crippen LogP contribution is 2.17. The molecule has 0 bridgehead atoms. The lowest BCUT2D eigenvalue weighted by Crippen LogP contribution is -3.18. The van der Waals surface area contributed by atoms with E-state index in [0.29, 0.717) is 13.2 Å². The van der Waals surface area contributed by atoms with Crippen LogP contribution in [0.4, 0.5) is 4.79 Å². The van der Waals surface area contributed by atoms with Gasteiger partial charge in [-0.1, -0.05) is 19.3 Å². The molecule has 1 heterocycles. The second kappa shape index (κ2) is 7.59. The Morgan fingerprint density at radius 2 is 1.80 bits per heavy atom. The van der Waals surface area contributed by atoms with Crippen molar-refractivity contribution in [3.63, 3.8) is 0 Å². The maximum absolute atomic E-state index is 12.1. The third kappa shape index (κ3) is 4.45. The van der Waals surface area contributed by atoms with Crippen LogP contribution in [0.1, 0.15) is 39.0 Å². The average molecular weight is 284 g/mol. The van der Waals surface area contributed by atoms with Crippen LogP contribution in [0.15, 0.2) is 0 Å². The van der Waals surface area contributed by atoms with Crippen molar-refractivity contribution >= 4 is 11.9 Å². The van der Waals surface area contributed by atoms with E-state index in [1.54, 1.807) is 0 Å². The van der Waals surface area contributed by atoms with Crippen LogP contribution in [0.25, 0.3) is 0 Å². The van der Waals surface area contributed by atoms with Crippen molar-refractivity contribution in [1.82, 2.24) is 10.6 Å². The molecule has 1 atom stereocenters. The van der Waals surface area contributed by atoms with Gasteiger partial charge in [0.1, 0.15) is 13.1 Å². The highest BCUT2D eigenvalue weighted by Gasteiger charge is 2.28. The first-order chi connectivity index (χ1) is 9.66. The van der Waals surface area contributed by atoms with Gasteiger partial charge in [-0.2, -0.15) is 0 Å². The molecule has 2 fully saturated rings. The van der Waals surface area contributed by atoms with Crippen molar-refractivity contribution in [2.45, 2.75) is 51.1 Å². The molecule has 2 aliphatic rings. The molecule has 0 aromatic heterocycles. The molecule has 2 rings (SSSR count). The van der Waals surface area contributed by atoms with Crippen molar-refractivity contribution in [3.05, 3.63) is 0 Å². The zero-order valence-electron chi connectivity index (χ0n) is 12.2. The summed E-state index contributed by atoms with van der Waals surface area (Å²) in [4.78, 5) is 25.1.